The Morgan fingerprint density at radius 1 is 0.950 bits per heavy atom. The normalized spacial score (nSPS) is 14.7. The maximum atomic E-state index is 11.3. The Morgan fingerprint density at radius 2 is 1.40 bits per heavy atom. The summed E-state index contributed by atoms with van der Waals surface area (Å²) < 4.78 is 0. The van der Waals surface area contributed by atoms with Crippen LogP contribution >= 0.6 is 0 Å². The lowest BCUT2D eigenvalue weighted by Gasteiger charge is -2.23. The van der Waals surface area contributed by atoms with Gasteiger partial charge in [-0.2, -0.15) is 0 Å². The van der Waals surface area contributed by atoms with E-state index in [2.05, 4.69) is 0 Å². The topological polar surface area (TPSA) is 74.6 Å². The molecule has 4 heteroatoms. The molecule has 1 rings (SSSR count). The summed E-state index contributed by atoms with van der Waals surface area (Å²) >= 11 is 0. The third-order valence-corrected chi connectivity index (χ3v) is 3.63. The summed E-state index contributed by atoms with van der Waals surface area (Å²) in [6.45, 7) is 9.28. The zero-order valence-electron chi connectivity index (χ0n) is 12.6. The van der Waals surface area contributed by atoms with Crippen molar-refractivity contribution in [2.24, 2.45) is 0 Å². The zero-order valence-corrected chi connectivity index (χ0v) is 12.6. The lowest BCUT2D eigenvalue weighted by Crippen LogP contribution is -2.18. The Balaban J connectivity index is 3.46. The Hall–Kier alpha value is -1.84. The molecule has 0 aromatic heterocycles. The largest absolute Gasteiger partial charge is 0.481 e. The number of carboxylic acid groups (broad SMARTS) is 2. The van der Waals surface area contributed by atoms with Crippen LogP contribution in [0.1, 0.15) is 63.1 Å². The molecule has 20 heavy (non-hydrogen) atoms. The Morgan fingerprint density at radius 3 is 1.80 bits per heavy atom. The lowest BCUT2D eigenvalue weighted by atomic mass is 9.81. The molecule has 2 unspecified atom stereocenters. The molecule has 0 saturated carbocycles. The SMILES string of the molecule is CC(C(=O)O)c1ccc(C(C)(C)C)cc1C(C)C(=O)O. The van der Waals surface area contributed by atoms with Gasteiger partial charge >= 0.3 is 11.9 Å². The van der Waals surface area contributed by atoms with Crippen molar-refractivity contribution < 1.29 is 19.8 Å². The third-order valence-electron chi connectivity index (χ3n) is 3.63. The van der Waals surface area contributed by atoms with Gasteiger partial charge in [-0.3, -0.25) is 9.59 Å². The minimum Gasteiger partial charge on any atom is -0.481 e. The lowest BCUT2D eigenvalue weighted by molar-refractivity contribution is -0.140. The second-order valence-corrected chi connectivity index (χ2v) is 6.21. The van der Waals surface area contributed by atoms with Crippen LogP contribution in [-0.2, 0) is 15.0 Å². The van der Waals surface area contributed by atoms with Gasteiger partial charge in [0.15, 0.2) is 0 Å². The van der Waals surface area contributed by atoms with E-state index in [0.29, 0.717) is 11.1 Å². The summed E-state index contributed by atoms with van der Waals surface area (Å²) in [6, 6.07) is 5.45. The summed E-state index contributed by atoms with van der Waals surface area (Å²) in [5.74, 6) is -3.35. The van der Waals surface area contributed by atoms with E-state index in [1.54, 1.807) is 19.9 Å². The second kappa shape index (κ2) is 5.65. The standard InChI is InChI=1S/C16H22O4/c1-9(14(17)18)12-7-6-11(16(3,4)5)8-13(12)10(2)15(19)20/h6-10H,1-5H3,(H,17,18)(H,19,20). The Bertz CT molecular complexity index is 526. The predicted molar refractivity (Wildman–Crippen MR) is 77.2 cm³/mol. The number of benzene rings is 1. The third kappa shape index (κ3) is 3.38. The van der Waals surface area contributed by atoms with Gasteiger partial charge in [0, 0.05) is 0 Å². The number of aliphatic carboxylic acids is 2. The van der Waals surface area contributed by atoms with E-state index in [9.17, 15) is 14.7 Å². The van der Waals surface area contributed by atoms with Crippen LogP contribution < -0.4 is 0 Å². The van der Waals surface area contributed by atoms with Crippen LogP contribution in [0.3, 0.4) is 0 Å². The van der Waals surface area contributed by atoms with Crippen molar-refractivity contribution in [2.45, 2.75) is 51.9 Å². The van der Waals surface area contributed by atoms with Gasteiger partial charge in [-0.05, 0) is 36.0 Å². The van der Waals surface area contributed by atoms with Crippen molar-refractivity contribution in [2.75, 3.05) is 0 Å². The van der Waals surface area contributed by atoms with Crippen LogP contribution in [0.15, 0.2) is 18.2 Å². The first kappa shape index (κ1) is 16.2. The molecule has 2 N–H and O–H groups in total. The zero-order chi connectivity index (χ0) is 15.7. The van der Waals surface area contributed by atoms with E-state index in [1.165, 1.54) is 0 Å². The minimum absolute atomic E-state index is 0.113. The quantitative estimate of drug-likeness (QED) is 0.885. The van der Waals surface area contributed by atoms with Crippen LogP contribution in [0.4, 0.5) is 0 Å². The van der Waals surface area contributed by atoms with Gasteiger partial charge in [-0.15, -0.1) is 0 Å². The monoisotopic (exact) mass is 278 g/mol. The first-order valence-corrected chi connectivity index (χ1v) is 6.65. The van der Waals surface area contributed by atoms with Gasteiger partial charge in [-0.25, -0.2) is 0 Å². The average Bonchev–Trinajstić information content (AvgIpc) is 2.34. The molecule has 1 aromatic carbocycles. The summed E-state index contributed by atoms with van der Waals surface area (Å²) in [4.78, 5) is 22.4. The molecule has 0 aliphatic heterocycles. The second-order valence-electron chi connectivity index (χ2n) is 6.21. The van der Waals surface area contributed by atoms with Crippen molar-refractivity contribution in [1.82, 2.24) is 0 Å². The summed E-state index contributed by atoms with van der Waals surface area (Å²) in [7, 11) is 0. The highest BCUT2D eigenvalue weighted by Crippen LogP contribution is 2.32. The van der Waals surface area contributed by atoms with Crippen molar-refractivity contribution in [3.05, 3.63) is 34.9 Å². The molecule has 0 radical (unpaired) electrons. The first-order valence-electron chi connectivity index (χ1n) is 6.65. The van der Waals surface area contributed by atoms with E-state index < -0.39 is 23.8 Å². The highest BCUT2D eigenvalue weighted by atomic mass is 16.4. The fourth-order valence-corrected chi connectivity index (χ4v) is 2.08. The molecule has 0 bridgehead atoms. The van der Waals surface area contributed by atoms with Crippen molar-refractivity contribution in [1.29, 1.82) is 0 Å². The van der Waals surface area contributed by atoms with E-state index in [4.69, 9.17) is 5.11 Å². The Kier molecular flexibility index (Phi) is 4.58. The van der Waals surface area contributed by atoms with Crippen LogP contribution in [0.5, 0.6) is 0 Å². The van der Waals surface area contributed by atoms with Gasteiger partial charge in [0.05, 0.1) is 11.8 Å². The van der Waals surface area contributed by atoms with Crippen LogP contribution in [0, 0.1) is 0 Å². The van der Waals surface area contributed by atoms with E-state index in [-0.39, 0.29) is 5.41 Å². The van der Waals surface area contributed by atoms with Crippen LogP contribution in [0.25, 0.3) is 0 Å². The number of carboxylic acids is 2. The average molecular weight is 278 g/mol. The maximum Gasteiger partial charge on any atom is 0.310 e. The van der Waals surface area contributed by atoms with Gasteiger partial charge in [0.2, 0.25) is 0 Å². The van der Waals surface area contributed by atoms with Gasteiger partial charge < -0.3 is 10.2 Å². The van der Waals surface area contributed by atoms with E-state index >= 15 is 0 Å². The molecule has 4 nitrogen and oxygen atoms in total. The van der Waals surface area contributed by atoms with Gasteiger partial charge in [-0.1, -0.05) is 39.0 Å². The van der Waals surface area contributed by atoms with Crippen LogP contribution in [0.2, 0.25) is 0 Å². The molecular formula is C16H22O4. The van der Waals surface area contributed by atoms with E-state index in [0.717, 1.165) is 5.56 Å². The molecule has 0 amide bonds. The van der Waals surface area contributed by atoms with Gasteiger partial charge in [0.25, 0.3) is 0 Å². The molecule has 0 aliphatic carbocycles. The highest BCUT2D eigenvalue weighted by molar-refractivity contribution is 5.80. The van der Waals surface area contributed by atoms with Crippen molar-refractivity contribution in [3.63, 3.8) is 0 Å². The number of rotatable bonds is 4. The molecular weight excluding hydrogens is 256 g/mol. The molecule has 0 aliphatic rings. The molecule has 0 heterocycles. The number of carbonyl (C=O) groups is 2. The molecule has 0 saturated heterocycles. The highest BCUT2D eigenvalue weighted by Gasteiger charge is 2.25. The predicted octanol–water partition coefficient (Wildman–Crippen LogP) is 3.36. The van der Waals surface area contributed by atoms with Crippen molar-refractivity contribution >= 4 is 11.9 Å². The molecule has 110 valence electrons. The van der Waals surface area contributed by atoms with Gasteiger partial charge in [0.1, 0.15) is 0 Å². The minimum atomic E-state index is -0.952. The molecule has 0 fully saturated rings. The van der Waals surface area contributed by atoms with Crippen LogP contribution in [-0.4, -0.2) is 22.2 Å². The Labute approximate surface area is 119 Å². The number of hydrogen-bond acceptors (Lipinski definition) is 2. The smallest absolute Gasteiger partial charge is 0.310 e. The number of hydrogen-bond donors (Lipinski definition) is 2. The molecule has 0 spiro atoms. The summed E-state index contributed by atoms with van der Waals surface area (Å²) in [5, 5.41) is 18.4. The molecule has 2 atom stereocenters. The maximum absolute atomic E-state index is 11.3. The summed E-state index contributed by atoms with van der Waals surface area (Å²) in [5.41, 5.74) is 2.04. The van der Waals surface area contributed by atoms with Crippen molar-refractivity contribution in [3.8, 4) is 0 Å². The fourth-order valence-electron chi connectivity index (χ4n) is 2.08. The summed E-state index contributed by atoms with van der Waals surface area (Å²) in [6.07, 6.45) is 0. The first-order chi connectivity index (χ1) is 9.05. The van der Waals surface area contributed by atoms with E-state index in [1.807, 2.05) is 32.9 Å². The fraction of sp³-hybridized carbons (Fsp3) is 0.500. The molecule has 1 aromatic rings.